The molecule has 0 amide bonds. The van der Waals surface area contributed by atoms with E-state index in [1.54, 1.807) is 0 Å². The van der Waals surface area contributed by atoms with Crippen molar-refractivity contribution in [2.24, 2.45) is 5.73 Å². The quantitative estimate of drug-likeness (QED) is 0.885. The second kappa shape index (κ2) is 5.01. The minimum absolute atomic E-state index is 0.146. The average molecular weight is 239 g/mol. The maximum atomic E-state index is 13.4. The Balaban J connectivity index is 2.30. The minimum Gasteiger partial charge on any atom is -0.334 e. The van der Waals surface area contributed by atoms with Crippen LogP contribution in [-0.4, -0.2) is 16.7 Å². The van der Waals surface area contributed by atoms with Crippen LogP contribution in [0.5, 0.6) is 0 Å². The van der Waals surface area contributed by atoms with Crippen LogP contribution in [0.15, 0.2) is 22.7 Å². The minimum atomic E-state index is -0.723. The van der Waals surface area contributed by atoms with E-state index >= 15 is 0 Å². The molecule has 1 heterocycles. The highest BCUT2D eigenvalue weighted by Crippen LogP contribution is 2.24. The van der Waals surface area contributed by atoms with Gasteiger partial charge >= 0.3 is 0 Å². The number of nitrogens with zero attached hydrogens (tertiary/aromatic N) is 2. The smallest absolute Gasteiger partial charge is 0.263 e. The molecule has 2 aromatic rings. The van der Waals surface area contributed by atoms with Crippen molar-refractivity contribution < 1.29 is 13.3 Å². The number of aryl methyl sites for hydroxylation is 1. The molecule has 0 bridgehead atoms. The summed E-state index contributed by atoms with van der Waals surface area (Å²) in [6, 6.07) is 3.56. The molecule has 6 heteroatoms. The molecule has 2 rings (SSSR count). The van der Waals surface area contributed by atoms with Crippen molar-refractivity contribution in [3.05, 3.63) is 35.7 Å². The van der Waals surface area contributed by atoms with Gasteiger partial charge < -0.3 is 10.3 Å². The average Bonchev–Trinajstić information content (AvgIpc) is 2.75. The largest absolute Gasteiger partial charge is 0.334 e. The Kier molecular flexibility index (Phi) is 3.43. The number of nitrogens with two attached hydrogens (primary N) is 1. The summed E-state index contributed by atoms with van der Waals surface area (Å²) in [4.78, 5) is 3.93. The van der Waals surface area contributed by atoms with Crippen LogP contribution in [0.3, 0.4) is 0 Å². The Bertz CT molecular complexity index is 493. The third-order valence-electron chi connectivity index (χ3n) is 2.25. The van der Waals surface area contributed by atoms with Gasteiger partial charge in [-0.2, -0.15) is 4.98 Å². The van der Waals surface area contributed by atoms with Crippen molar-refractivity contribution in [2.75, 3.05) is 6.54 Å². The molecule has 0 aliphatic carbocycles. The lowest BCUT2D eigenvalue weighted by Crippen LogP contribution is -2.01. The molecular weight excluding hydrogens is 228 g/mol. The van der Waals surface area contributed by atoms with Crippen molar-refractivity contribution in [1.29, 1.82) is 0 Å². The van der Waals surface area contributed by atoms with Crippen LogP contribution in [-0.2, 0) is 6.42 Å². The van der Waals surface area contributed by atoms with E-state index in [0.29, 0.717) is 25.2 Å². The van der Waals surface area contributed by atoms with E-state index in [1.165, 1.54) is 6.07 Å². The van der Waals surface area contributed by atoms with Gasteiger partial charge in [-0.15, -0.1) is 0 Å². The SMILES string of the molecule is NCCCc1noc(-c2c(F)cccc2F)n1. The zero-order valence-corrected chi connectivity index (χ0v) is 8.99. The summed E-state index contributed by atoms with van der Waals surface area (Å²) in [6.07, 6.45) is 1.22. The predicted molar refractivity (Wildman–Crippen MR) is 57.0 cm³/mol. The van der Waals surface area contributed by atoms with Crippen molar-refractivity contribution in [2.45, 2.75) is 12.8 Å². The van der Waals surface area contributed by atoms with Crippen molar-refractivity contribution in [3.8, 4) is 11.5 Å². The highest BCUT2D eigenvalue weighted by atomic mass is 19.1. The summed E-state index contributed by atoms with van der Waals surface area (Å²) in [7, 11) is 0. The lowest BCUT2D eigenvalue weighted by Gasteiger charge is -1.97. The molecule has 0 radical (unpaired) electrons. The lowest BCUT2D eigenvalue weighted by molar-refractivity contribution is 0.416. The topological polar surface area (TPSA) is 64.9 Å². The van der Waals surface area contributed by atoms with Crippen LogP contribution in [0.2, 0.25) is 0 Å². The number of halogens is 2. The zero-order chi connectivity index (χ0) is 12.3. The van der Waals surface area contributed by atoms with E-state index in [2.05, 4.69) is 10.1 Å². The first kappa shape index (κ1) is 11.7. The van der Waals surface area contributed by atoms with Crippen molar-refractivity contribution in [1.82, 2.24) is 10.1 Å². The fourth-order valence-electron chi connectivity index (χ4n) is 1.42. The van der Waals surface area contributed by atoms with Gasteiger partial charge in [0.2, 0.25) is 0 Å². The van der Waals surface area contributed by atoms with Crippen LogP contribution >= 0.6 is 0 Å². The van der Waals surface area contributed by atoms with Crippen LogP contribution < -0.4 is 5.73 Å². The van der Waals surface area contributed by atoms with Gasteiger partial charge in [-0.3, -0.25) is 0 Å². The fourth-order valence-corrected chi connectivity index (χ4v) is 1.42. The first-order chi connectivity index (χ1) is 8.22. The highest BCUT2D eigenvalue weighted by Gasteiger charge is 2.17. The molecule has 1 aromatic carbocycles. The normalized spacial score (nSPS) is 10.8. The number of rotatable bonds is 4. The molecule has 0 saturated carbocycles. The van der Waals surface area contributed by atoms with Gasteiger partial charge in [-0.1, -0.05) is 11.2 Å². The summed E-state index contributed by atoms with van der Waals surface area (Å²) in [5.74, 6) is -1.20. The first-order valence-electron chi connectivity index (χ1n) is 5.19. The van der Waals surface area contributed by atoms with E-state index in [1.807, 2.05) is 0 Å². The molecule has 0 atom stereocenters. The van der Waals surface area contributed by atoms with E-state index < -0.39 is 11.6 Å². The Morgan fingerprint density at radius 3 is 2.59 bits per heavy atom. The summed E-state index contributed by atoms with van der Waals surface area (Å²) in [6.45, 7) is 0.498. The van der Waals surface area contributed by atoms with Gasteiger partial charge in [0.05, 0.1) is 0 Å². The number of hydrogen-bond acceptors (Lipinski definition) is 4. The summed E-state index contributed by atoms with van der Waals surface area (Å²) in [5.41, 5.74) is 5.04. The summed E-state index contributed by atoms with van der Waals surface area (Å²) in [5, 5.41) is 3.64. The Hall–Kier alpha value is -1.82. The fraction of sp³-hybridized carbons (Fsp3) is 0.273. The van der Waals surface area contributed by atoms with Gasteiger partial charge in [0.25, 0.3) is 5.89 Å². The van der Waals surface area contributed by atoms with Crippen LogP contribution in [0.1, 0.15) is 12.2 Å². The van der Waals surface area contributed by atoms with Gasteiger partial charge in [0, 0.05) is 6.42 Å². The first-order valence-corrected chi connectivity index (χ1v) is 5.19. The molecule has 17 heavy (non-hydrogen) atoms. The van der Waals surface area contributed by atoms with Crippen molar-refractivity contribution >= 4 is 0 Å². The molecule has 0 unspecified atom stereocenters. The number of hydrogen-bond donors (Lipinski definition) is 1. The second-order valence-corrected chi connectivity index (χ2v) is 3.50. The Labute approximate surface area is 96.4 Å². The maximum absolute atomic E-state index is 13.4. The Morgan fingerprint density at radius 1 is 1.24 bits per heavy atom. The van der Waals surface area contributed by atoms with Gasteiger partial charge in [-0.05, 0) is 25.1 Å². The number of aromatic nitrogens is 2. The molecule has 0 aliphatic heterocycles. The van der Waals surface area contributed by atoms with Gasteiger partial charge in [0.1, 0.15) is 17.2 Å². The molecule has 2 N–H and O–H groups in total. The molecule has 90 valence electrons. The standard InChI is InChI=1S/C11H11F2N3O/c12-7-3-1-4-8(13)10(7)11-15-9(16-17-11)5-2-6-14/h1,3-4H,2,5-6,14H2. The maximum Gasteiger partial charge on any atom is 0.263 e. The van der Waals surface area contributed by atoms with Crippen LogP contribution in [0, 0.1) is 11.6 Å². The molecule has 0 aliphatic rings. The number of benzene rings is 1. The Morgan fingerprint density at radius 2 is 1.94 bits per heavy atom. The molecule has 0 saturated heterocycles. The summed E-state index contributed by atoms with van der Waals surface area (Å²) >= 11 is 0. The van der Waals surface area contributed by atoms with Crippen LogP contribution in [0.25, 0.3) is 11.5 Å². The second-order valence-electron chi connectivity index (χ2n) is 3.50. The highest BCUT2D eigenvalue weighted by molar-refractivity contribution is 5.54. The summed E-state index contributed by atoms with van der Waals surface area (Å²) < 4.78 is 31.6. The van der Waals surface area contributed by atoms with Gasteiger partial charge in [0.15, 0.2) is 5.82 Å². The molecule has 0 spiro atoms. The lowest BCUT2D eigenvalue weighted by atomic mass is 10.2. The monoisotopic (exact) mass is 239 g/mol. The molecule has 0 fully saturated rings. The van der Waals surface area contributed by atoms with Crippen LogP contribution in [0.4, 0.5) is 8.78 Å². The predicted octanol–water partition coefficient (Wildman–Crippen LogP) is 1.91. The third-order valence-corrected chi connectivity index (χ3v) is 2.25. The van der Waals surface area contributed by atoms with E-state index in [9.17, 15) is 8.78 Å². The van der Waals surface area contributed by atoms with E-state index in [-0.39, 0.29) is 11.5 Å². The van der Waals surface area contributed by atoms with Crippen molar-refractivity contribution in [3.63, 3.8) is 0 Å². The van der Waals surface area contributed by atoms with E-state index in [4.69, 9.17) is 10.3 Å². The van der Waals surface area contributed by atoms with Gasteiger partial charge in [-0.25, -0.2) is 8.78 Å². The zero-order valence-electron chi connectivity index (χ0n) is 8.99. The molecular formula is C11H11F2N3O. The molecule has 4 nitrogen and oxygen atoms in total. The molecule has 1 aromatic heterocycles. The van der Waals surface area contributed by atoms with E-state index in [0.717, 1.165) is 12.1 Å². The third kappa shape index (κ3) is 2.47.